The summed E-state index contributed by atoms with van der Waals surface area (Å²) in [5.74, 6) is -1.46. The molecule has 0 spiro atoms. The quantitative estimate of drug-likeness (QED) is 0.803. The lowest BCUT2D eigenvalue weighted by molar-refractivity contribution is -0.142. The van der Waals surface area contributed by atoms with Crippen LogP contribution in [0.3, 0.4) is 0 Å². The summed E-state index contributed by atoms with van der Waals surface area (Å²) in [7, 11) is 2.08. The van der Waals surface area contributed by atoms with Crippen LogP contribution in [0.4, 0.5) is 0 Å². The van der Waals surface area contributed by atoms with Crippen LogP contribution in [-0.2, 0) is 9.59 Å². The van der Waals surface area contributed by atoms with Crippen LogP contribution in [0.25, 0.3) is 0 Å². The molecular weight excluding hydrogens is 232 g/mol. The highest BCUT2D eigenvalue weighted by atomic mass is 16.4. The number of carbonyl (C=O) groups excluding carboxylic acids is 1. The van der Waals surface area contributed by atoms with Gasteiger partial charge >= 0.3 is 5.97 Å². The van der Waals surface area contributed by atoms with Crippen LogP contribution >= 0.6 is 0 Å². The number of hydrogen-bond donors (Lipinski definition) is 1. The Morgan fingerprint density at radius 1 is 1.28 bits per heavy atom. The molecule has 102 valence electrons. The molecule has 0 bridgehead atoms. The van der Waals surface area contributed by atoms with Gasteiger partial charge in [-0.1, -0.05) is 6.92 Å². The maximum absolute atomic E-state index is 12.3. The Bertz CT molecular complexity index is 345. The van der Waals surface area contributed by atoms with Crippen molar-refractivity contribution in [2.45, 2.75) is 32.2 Å². The van der Waals surface area contributed by atoms with Gasteiger partial charge in [-0.25, -0.2) is 0 Å². The van der Waals surface area contributed by atoms with Gasteiger partial charge in [0.05, 0.1) is 11.8 Å². The van der Waals surface area contributed by atoms with E-state index in [1.54, 1.807) is 0 Å². The number of carbonyl (C=O) groups is 2. The summed E-state index contributed by atoms with van der Waals surface area (Å²) in [5.41, 5.74) is 0. The van der Waals surface area contributed by atoms with Crippen LogP contribution in [0, 0.1) is 11.8 Å². The normalized spacial score (nSPS) is 33.0. The van der Waals surface area contributed by atoms with E-state index in [0.29, 0.717) is 6.42 Å². The zero-order chi connectivity index (χ0) is 13.3. The molecule has 1 saturated carbocycles. The number of carboxylic acid groups (broad SMARTS) is 1. The third-order valence-electron chi connectivity index (χ3n) is 4.08. The molecule has 0 radical (unpaired) electrons. The van der Waals surface area contributed by atoms with Crippen molar-refractivity contribution in [3.05, 3.63) is 0 Å². The average Bonchev–Trinajstić information content (AvgIpc) is 3.11. The summed E-state index contributed by atoms with van der Waals surface area (Å²) < 4.78 is 0. The van der Waals surface area contributed by atoms with Crippen molar-refractivity contribution < 1.29 is 14.7 Å². The number of likely N-dealkylation sites (N-methyl/N-ethyl adjacent to an activating group) is 1. The fourth-order valence-corrected chi connectivity index (χ4v) is 2.84. The van der Waals surface area contributed by atoms with Crippen molar-refractivity contribution in [3.63, 3.8) is 0 Å². The molecule has 5 nitrogen and oxygen atoms in total. The second-order valence-corrected chi connectivity index (χ2v) is 5.50. The van der Waals surface area contributed by atoms with Crippen molar-refractivity contribution in [3.8, 4) is 0 Å². The minimum absolute atomic E-state index is 0.0598. The van der Waals surface area contributed by atoms with E-state index in [9.17, 15) is 9.59 Å². The zero-order valence-electron chi connectivity index (χ0n) is 11.1. The molecule has 1 amide bonds. The molecule has 2 rings (SSSR count). The van der Waals surface area contributed by atoms with Crippen molar-refractivity contribution in [1.29, 1.82) is 0 Å². The molecule has 0 aromatic rings. The lowest BCUT2D eigenvalue weighted by Crippen LogP contribution is -2.44. The highest BCUT2D eigenvalue weighted by Crippen LogP contribution is 2.40. The molecular formula is C13H22N2O3. The van der Waals surface area contributed by atoms with E-state index in [-0.39, 0.29) is 17.9 Å². The molecule has 5 heteroatoms. The Labute approximate surface area is 108 Å². The first-order valence-electron chi connectivity index (χ1n) is 6.76. The van der Waals surface area contributed by atoms with Crippen LogP contribution in [0.15, 0.2) is 0 Å². The maximum atomic E-state index is 12.3. The number of hydrogen-bond acceptors (Lipinski definition) is 3. The zero-order valence-corrected chi connectivity index (χ0v) is 11.1. The van der Waals surface area contributed by atoms with E-state index in [1.165, 1.54) is 0 Å². The van der Waals surface area contributed by atoms with Gasteiger partial charge in [0.15, 0.2) is 0 Å². The Hall–Kier alpha value is -1.10. The number of rotatable bonds is 3. The molecule has 2 fully saturated rings. The predicted molar refractivity (Wildman–Crippen MR) is 67.1 cm³/mol. The second kappa shape index (κ2) is 5.26. The predicted octanol–water partition coefficient (Wildman–Crippen LogP) is 0.650. The minimum Gasteiger partial charge on any atom is -0.481 e. The van der Waals surface area contributed by atoms with Gasteiger partial charge in [-0.05, 0) is 32.9 Å². The van der Waals surface area contributed by atoms with E-state index in [1.807, 2.05) is 4.90 Å². The Morgan fingerprint density at radius 2 is 2.00 bits per heavy atom. The molecule has 1 aliphatic heterocycles. The third-order valence-corrected chi connectivity index (χ3v) is 4.08. The fraction of sp³-hybridized carbons (Fsp3) is 0.846. The van der Waals surface area contributed by atoms with Gasteiger partial charge in [0.1, 0.15) is 0 Å². The molecule has 2 aliphatic rings. The second-order valence-electron chi connectivity index (χ2n) is 5.50. The van der Waals surface area contributed by atoms with Crippen molar-refractivity contribution >= 4 is 11.9 Å². The minimum atomic E-state index is -0.826. The summed E-state index contributed by atoms with van der Waals surface area (Å²) in [6.45, 7) is 4.76. The maximum Gasteiger partial charge on any atom is 0.307 e. The van der Waals surface area contributed by atoms with Crippen LogP contribution in [-0.4, -0.2) is 59.5 Å². The van der Waals surface area contributed by atoms with Crippen LogP contribution in [0.5, 0.6) is 0 Å². The highest BCUT2D eigenvalue weighted by Gasteiger charge is 2.50. The van der Waals surface area contributed by atoms with Gasteiger partial charge in [-0.3, -0.25) is 9.59 Å². The van der Waals surface area contributed by atoms with Crippen molar-refractivity contribution in [1.82, 2.24) is 9.80 Å². The molecule has 0 aromatic heterocycles. The Kier molecular flexibility index (Phi) is 3.90. The average molecular weight is 254 g/mol. The van der Waals surface area contributed by atoms with E-state index < -0.39 is 11.9 Å². The lowest BCUT2D eigenvalue weighted by Gasteiger charge is -2.30. The van der Waals surface area contributed by atoms with E-state index >= 15 is 0 Å². The monoisotopic (exact) mass is 254 g/mol. The molecule has 1 heterocycles. The lowest BCUT2D eigenvalue weighted by atomic mass is 10.1. The first-order valence-corrected chi connectivity index (χ1v) is 6.76. The summed E-state index contributed by atoms with van der Waals surface area (Å²) in [6.07, 6.45) is 2.43. The van der Waals surface area contributed by atoms with Crippen molar-refractivity contribution in [2.75, 3.05) is 26.7 Å². The number of amides is 1. The summed E-state index contributed by atoms with van der Waals surface area (Å²) >= 11 is 0. The summed E-state index contributed by atoms with van der Waals surface area (Å²) in [6, 6.07) is 0.236. The van der Waals surface area contributed by atoms with Gasteiger partial charge in [0, 0.05) is 19.1 Å². The van der Waals surface area contributed by atoms with Gasteiger partial charge < -0.3 is 14.9 Å². The standard InChI is InChI=1S/C13H22N2O3/c1-3-9-8-14(2)5-4-6-15(9)12(16)10-7-11(10)13(17)18/h9-11H,3-8H2,1-2H3,(H,17,18). The molecule has 1 saturated heterocycles. The van der Waals surface area contributed by atoms with Crippen LogP contribution < -0.4 is 0 Å². The first kappa shape index (κ1) is 13.3. The first-order chi connectivity index (χ1) is 8.54. The topological polar surface area (TPSA) is 60.9 Å². The molecule has 3 unspecified atom stereocenters. The van der Waals surface area contributed by atoms with Crippen LogP contribution in [0.2, 0.25) is 0 Å². The van der Waals surface area contributed by atoms with E-state index in [4.69, 9.17) is 5.11 Å². The molecule has 1 N–H and O–H groups in total. The van der Waals surface area contributed by atoms with Crippen molar-refractivity contribution in [2.24, 2.45) is 11.8 Å². The Balaban J connectivity index is 2.01. The molecule has 18 heavy (non-hydrogen) atoms. The van der Waals surface area contributed by atoms with Crippen LogP contribution in [0.1, 0.15) is 26.2 Å². The van der Waals surface area contributed by atoms with Gasteiger partial charge in [0.25, 0.3) is 0 Å². The third kappa shape index (κ3) is 2.66. The molecule has 3 atom stereocenters. The van der Waals surface area contributed by atoms with E-state index in [0.717, 1.165) is 32.5 Å². The summed E-state index contributed by atoms with van der Waals surface area (Å²) in [5, 5.41) is 8.91. The number of nitrogens with zero attached hydrogens (tertiary/aromatic N) is 2. The SMILES string of the molecule is CCC1CN(C)CCCN1C(=O)C1CC1C(=O)O. The van der Waals surface area contributed by atoms with Gasteiger partial charge in [0.2, 0.25) is 5.91 Å². The van der Waals surface area contributed by atoms with Gasteiger partial charge in [-0.15, -0.1) is 0 Å². The van der Waals surface area contributed by atoms with E-state index in [2.05, 4.69) is 18.9 Å². The summed E-state index contributed by atoms with van der Waals surface area (Å²) in [4.78, 5) is 27.4. The molecule has 1 aliphatic carbocycles. The largest absolute Gasteiger partial charge is 0.481 e. The smallest absolute Gasteiger partial charge is 0.307 e. The number of carboxylic acids is 1. The molecule has 0 aromatic carbocycles. The fourth-order valence-electron chi connectivity index (χ4n) is 2.84. The highest BCUT2D eigenvalue weighted by molar-refractivity contribution is 5.89. The Morgan fingerprint density at radius 3 is 2.56 bits per heavy atom. The van der Waals surface area contributed by atoms with Gasteiger partial charge in [-0.2, -0.15) is 0 Å². The number of aliphatic carboxylic acids is 1.